The van der Waals surface area contributed by atoms with E-state index in [4.69, 9.17) is 14.6 Å². The molecule has 31 heavy (non-hydrogen) atoms. The van der Waals surface area contributed by atoms with Crippen LogP contribution in [0.25, 0.3) is 11.4 Å². The number of esters is 1. The van der Waals surface area contributed by atoms with Crippen LogP contribution in [0, 0.1) is 0 Å². The Bertz CT molecular complexity index is 1110. The minimum Gasteiger partial charge on any atom is -0.497 e. The molecule has 0 amide bonds. The number of carbonyl (C=O) groups is 1. The minimum atomic E-state index is -0.430. The Balaban J connectivity index is 1.81. The fourth-order valence-corrected chi connectivity index (χ4v) is 3.73. The molecular formula is C24H26N4O3. The van der Waals surface area contributed by atoms with Gasteiger partial charge >= 0.3 is 5.97 Å². The molecule has 2 aromatic carbocycles. The van der Waals surface area contributed by atoms with E-state index in [0.29, 0.717) is 29.6 Å². The number of rotatable bonds is 6. The lowest BCUT2D eigenvalue weighted by atomic mass is 9.95. The highest BCUT2D eigenvalue weighted by Gasteiger charge is 2.35. The number of fused-ring (bicyclic) bond motifs is 1. The molecule has 0 fully saturated rings. The first-order chi connectivity index (χ1) is 15.0. The van der Waals surface area contributed by atoms with Gasteiger partial charge in [-0.3, -0.25) is 0 Å². The molecule has 3 aromatic rings. The molecule has 1 N–H and O–H groups in total. The zero-order chi connectivity index (χ0) is 22.0. The summed E-state index contributed by atoms with van der Waals surface area (Å²) in [6.45, 7) is 6.09. The highest BCUT2D eigenvalue weighted by molar-refractivity contribution is 5.92. The number of aromatic nitrogens is 3. The van der Waals surface area contributed by atoms with Crippen LogP contribution in [-0.2, 0) is 16.0 Å². The van der Waals surface area contributed by atoms with E-state index in [1.807, 2.05) is 43.3 Å². The second kappa shape index (κ2) is 8.63. The summed E-state index contributed by atoms with van der Waals surface area (Å²) in [5.74, 6) is 1.56. The van der Waals surface area contributed by atoms with Gasteiger partial charge in [-0.1, -0.05) is 31.2 Å². The van der Waals surface area contributed by atoms with E-state index in [2.05, 4.69) is 29.4 Å². The first-order valence-corrected chi connectivity index (χ1v) is 10.4. The maximum Gasteiger partial charge on any atom is 0.338 e. The van der Waals surface area contributed by atoms with Gasteiger partial charge < -0.3 is 14.8 Å². The summed E-state index contributed by atoms with van der Waals surface area (Å²) >= 11 is 0. The Kier molecular flexibility index (Phi) is 5.75. The van der Waals surface area contributed by atoms with Crippen molar-refractivity contribution in [3.63, 3.8) is 0 Å². The van der Waals surface area contributed by atoms with E-state index in [1.165, 1.54) is 5.56 Å². The number of nitrogens with zero attached hydrogens (tertiary/aromatic N) is 3. The lowest BCUT2D eigenvalue weighted by Crippen LogP contribution is -2.29. The number of carbonyl (C=O) groups excluding carboxylic acids is 1. The van der Waals surface area contributed by atoms with Crippen molar-refractivity contribution in [2.75, 3.05) is 19.0 Å². The third kappa shape index (κ3) is 3.91. The normalized spacial score (nSPS) is 15.3. The van der Waals surface area contributed by atoms with E-state index in [-0.39, 0.29) is 5.97 Å². The average Bonchev–Trinajstić information content (AvgIpc) is 3.22. The summed E-state index contributed by atoms with van der Waals surface area (Å²) in [4.78, 5) is 17.6. The molecule has 7 nitrogen and oxygen atoms in total. The second-order valence-corrected chi connectivity index (χ2v) is 7.31. The van der Waals surface area contributed by atoms with Crippen molar-refractivity contribution < 1.29 is 14.3 Å². The minimum absolute atomic E-state index is 0.304. The van der Waals surface area contributed by atoms with Gasteiger partial charge in [-0.25, -0.2) is 9.48 Å². The largest absolute Gasteiger partial charge is 0.497 e. The van der Waals surface area contributed by atoms with Crippen LogP contribution >= 0.6 is 0 Å². The van der Waals surface area contributed by atoms with Gasteiger partial charge in [0.2, 0.25) is 5.95 Å². The number of hydrogen-bond acceptors (Lipinski definition) is 6. The third-order valence-electron chi connectivity index (χ3n) is 5.40. The Morgan fingerprint density at radius 3 is 2.42 bits per heavy atom. The summed E-state index contributed by atoms with van der Waals surface area (Å²) in [6, 6.07) is 15.4. The number of aryl methyl sites for hydroxylation is 1. The standard InChI is InChI=1S/C24H26N4O3/c1-5-16-7-9-17(10-8-16)21-20(23(29)31-6-2)15(3)25-24-26-22(27-28(21)24)18-11-13-19(30-4)14-12-18/h7-14,21H,5-6H2,1-4H3,(H,25,26,27). The second-order valence-electron chi connectivity index (χ2n) is 7.31. The maximum absolute atomic E-state index is 12.9. The van der Waals surface area contributed by atoms with Crippen LogP contribution in [0.4, 0.5) is 5.95 Å². The first-order valence-electron chi connectivity index (χ1n) is 10.4. The Labute approximate surface area is 181 Å². The molecule has 1 atom stereocenters. The Hall–Kier alpha value is -3.61. The van der Waals surface area contributed by atoms with Crippen LogP contribution in [-0.4, -0.2) is 34.5 Å². The summed E-state index contributed by atoms with van der Waals surface area (Å²) in [7, 11) is 1.63. The first kappa shape index (κ1) is 20.7. The van der Waals surface area contributed by atoms with Crippen molar-refractivity contribution in [3.05, 3.63) is 70.9 Å². The van der Waals surface area contributed by atoms with Gasteiger partial charge in [0, 0.05) is 11.3 Å². The van der Waals surface area contributed by atoms with Gasteiger partial charge in [0.05, 0.1) is 19.3 Å². The zero-order valence-electron chi connectivity index (χ0n) is 18.2. The molecule has 0 bridgehead atoms. The van der Waals surface area contributed by atoms with E-state index < -0.39 is 6.04 Å². The summed E-state index contributed by atoms with van der Waals surface area (Å²) < 4.78 is 12.4. The summed E-state index contributed by atoms with van der Waals surface area (Å²) in [5.41, 5.74) is 4.29. The predicted octanol–water partition coefficient (Wildman–Crippen LogP) is 4.37. The van der Waals surface area contributed by atoms with Crippen LogP contribution < -0.4 is 10.1 Å². The number of anilines is 1. The molecule has 0 aliphatic carbocycles. The van der Waals surface area contributed by atoms with Crippen molar-refractivity contribution in [1.29, 1.82) is 0 Å². The van der Waals surface area contributed by atoms with Crippen LogP contribution in [0.2, 0.25) is 0 Å². The third-order valence-corrected chi connectivity index (χ3v) is 5.40. The number of methoxy groups -OCH3 is 1. The molecule has 1 unspecified atom stereocenters. The van der Waals surface area contributed by atoms with Crippen molar-refractivity contribution in [1.82, 2.24) is 14.8 Å². The predicted molar refractivity (Wildman–Crippen MR) is 119 cm³/mol. The van der Waals surface area contributed by atoms with Gasteiger partial charge in [0.15, 0.2) is 5.82 Å². The molecule has 1 aliphatic heterocycles. The SMILES string of the molecule is CCOC(=O)C1=C(C)Nc2nc(-c3ccc(OC)cc3)nn2C1c1ccc(CC)cc1. The number of allylic oxidation sites excluding steroid dienone is 1. The van der Waals surface area contributed by atoms with E-state index in [9.17, 15) is 4.79 Å². The number of nitrogens with one attached hydrogen (secondary N) is 1. The Morgan fingerprint density at radius 2 is 1.81 bits per heavy atom. The molecule has 0 spiro atoms. The summed E-state index contributed by atoms with van der Waals surface area (Å²) in [6.07, 6.45) is 0.947. The van der Waals surface area contributed by atoms with Crippen LogP contribution in [0.1, 0.15) is 37.9 Å². The number of benzene rings is 2. The van der Waals surface area contributed by atoms with Crippen LogP contribution in [0.3, 0.4) is 0 Å². The van der Waals surface area contributed by atoms with Crippen molar-refractivity contribution >= 4 is 11.9 Å². The molecule has 160 valence electrons. The van der Waals surface area contributed by atoms with Gasteiger partial charge in [0.1, 0.15) is 11.8 Å². The van der Waals surface area contributed by atoms with Gasteiger partial charge in [0.25, 0.3) is 0 Å². The average molecular weight is 418 g/mol. The molecule has 0 saturated carbocycles. The lowest BCUT2D eigenvalue weighted by molar-refractivity contribution is -0.139. The number of hydrogen-bond donors (Lipinski definition) is 1. The molecule has 0 saturated heterocycles. The van der Waals surface area contributed by atoms with Crippen LogP contribution in [0.15, 0.2) is 59.8 Å². The van der Waals surface area contributed by atoms with Gasteiger partial charge in [-0.15, -0.1) is 5.10 Å². The molecule has 7 heteroatoms. The molecule has 1 aliphatic rings. The van der Waals surface area contributed by atoms with Crippen LogP contribution in [0.5, 0.6) is 5.75 Å². The molecule has 4 rings (SSSR count). The highest BCUT2D eigenvalue weighted by Crippen LogP contribution is 2.37. The molecule has 2 heterocycles. The maximum atomic E-state index is 12.9. The monoisotopic (exact) mass is 418 g/mol. The highest BCUT2D eigenvalue weighted by atomic mass is 16.5. The van der Waals surface area contributed by atoms with Crippen molar-refractivity contribution in [3.8, 4) is 17.1 Å². The Morgan fingerprint density at radius 1 is 1.10 bits per heavy atom. The quantitative estimate of drug-likeness (QED) is 0.599. The molecular weight excluding hydrogens is 392 g/mol. The van der Waals surface area contributed by atoms with E-state index in [0.717, 1.165) is 23.3 Å². The molecule has 1 aromatic heterocycles. The van der Waals surface area contributed by atoms with Crippen molar-refractivity contribution in [2.24, 2.45) is 0 Å². The van der Waals surface area contributed by atoms with E-state index in [1.54, 1.807) is 18.7 Å². The number of ether oxygens (including phenoxy) is 2. The van der Waals surface area contributed by atoms with Gasteiger partial charge in [-0.05, 0) is 55.7 Å². The lowest BCUT2D eigenvalue weighted by Gasteiger charge is -2.28. The fourth-order valence-electron chi connectivity index (χ4n) is 3.73. The topological polar surface area (TPSA) is 78.3 Å². The fraction of sp³-hybridized carbons (Fsp3) is 0.292. The zero-order valence-corrected chi connectivity index (χ0v) is 18.2. The van der Waals surface area contributed by atoms with E-state index >= 15 is 0 Å². The van der Waals surface area contributed by atoms with Gasteiger partial charge in [-0.2, -0.15) is 4.98 Å². The van der Waals surface area contributed by atoms with Crippen molar-refractivity contribution in [2.45, 2.75) is 33.2 Å². The smallest absolute Gasteiger partial charge is 0.338 e. The molecule has 0 radical (unpaired) electrons. The summed E-state index contributed by atoms with van der Waals surface area (Å²) in [5, 5.41) is 7.99.